The summed E-state index contributed by atoms with van der Waals surface area (Å²) in [4.78, 5) is 3.44. The molecule has 1 heterocycles. The van der Waals surface area contributed by atoms with Crippen molar-refractivity contribution in [2.75, 3.05) is 52.5 Å². The molecule has 1 fully saturated rings. The summed E-state index contributed by atoms with van der Waals surface area (Å²) in [6.45, 7) is 6.13. The van der Waals surface area contributed by atoms with Gasteiger partial charge in [-0.1, -0.05) is 13.8 Å². The van der Waals surface area contributed by atoms with Crippen LogP contribution in [0.25, 0.3) is 0 Å². The van der Waals surface area contributed by atoms with Crippen molar-refractivity contribution in [3.05, 3.63) is 0 Å². The number of ether oxygens (including phenoxy) is 1. The maximum Gasteiger partial charge on any atom is 0.401 e. The number of nitrogens with zero attached hydrogens (tertiary/aromatic N) is 2. The molecule has 4 nitrogen and oxygen atoms in total. The van der Waals surface area contributed by atoms with Gasteiger partial charge in [-0.05, 0) is 5.92 Å². The first-order valence-electron chi connectivity index (χ1n) is 7.04. The third-order valence-corrected chi connectivity index (χ3v) is 3.13. The standard InChI is InChI=1S/C13H25F3N2O2/c1-11(2)7-17-4-6-20-12(8-17)9-18(3-5-19)10-13(14,15)16/h11-12,19H,3-10H2,1-2H3. The topological polar surface area (TPSA) is 35.9 Å². The highest BCUT2D eigenvalue weighted by molar-refractivity contribution is 4.76. The molecule has 1 N–H and O–H groups in total. The van der Waals surface area contributed by atoms with Crippen LogP contribution in [-0.2, 0) is 4.74 Å². The molecule has 7 heteroatoms. The highest BCUT2D eigenvalue weighted by atomic mass is 19.4. The molecule has 1 rings (SSSR count). The van der Waals surface area contributed by atoms with Gasteiger partial charge < -0.3 is 9.84 Å². The summed E-state index contributed by atoms with van der Waals surface area (Å²) in [5.41, 5.74) is 0. The quantitative estimate of drug-likeness (QED) is 0.766. The summed E-state index contributed by atoms with van der Waals surface area (Å²) < 4.78 is 42.9. The highest BCUT2D eigenvalue weighted by Crippen LogP contribution is 2.17. The smallest absolute Gasteiger partial charge is 0.395 e. The molecule has 1 unspecified atom stereocenters. The minimum absolute atomic E-state index is 0.0174. The normalized spacial score (nSPS) is 21.9. The number of rotatable bonds is 7. The van der Waals surface area contributed by atoms with Crippen LogP contribution in [0.2, 0.25) is 0 Å². The van der Waals surface area contributed by atoms with Crippen molar-refractivity contribution in [2.24, 2.45) is 5.92 Å². The van der Waals surface area contributed by atoms with Crippen LogP contribution in [0.3, 0.4) is 0 Å². The number of morpholine rings is 1. The average molecular weight is 298 g/mol. The molecule has 0 bridgehead atoms. The van der Waals surface area contributed by atoms with E-state index in [0.29, 0.717) is 19.1 Å². The summed E-state index contributed by atoms with van der Waals surface area (Å²) in [5, 5.41) is 8.87. The molecule has 0 spiro atoms. The van der Waals surface area contributed by atoms with Gasteiger partial charge in [0.15, 0.2) is 0 Å². The molecular weight excluding hydrogens is 273 g/mol. The zero-order chi connectivity index (χ0) is 15.2. The minimum Gasteiger partial charge on any atom is -0.395 e. The zero-order valence-electron chi connectivity index (χ0n) is 12.2. The Morgan fingerprint density at radius 2 is 2.10 bits per heavy atom. The van der Waals surface area contributed by atoms with E-state index in [1.54, 1.807) is 0 Å². The molecule has 1 aliphatic rings. The lowest BCUT2D eigenvalue weighted by molar-refractivity contribution is -0.152. The van der Waals surface area contributed by atoms with E-state index in [4.69, 9.17) is 9.84 Å². The van der Waals surface area contributed by atoms with Crippen molar-refractivity contribution in [1.82, 2.24) is 9.80 Å². The molecule has 20 heavy (non-hydrogen) atoms. The van der Waals surface area contributed by atoms with Crippen LogP contribution < -0.4 is 0 Å². The van der Waals surface area contributed by atoms with Crippen molar-refractivity contribution in [3.63, 3.8) is 0 Å². The van der Waals surface area contributed by atoms with E-state index in [1.807, 2.05) is 0 Å². The molecule has 1 aliphatic heterocycles. The maximum absolute atomic E-state index is 12.5. The molecule has 1 saturated heterocycles. The van der Waals surface area contributed by atoms with E-state index >= 15 is 0 Å². The van der Waals surface area contributed by atoms with Crippen LogP contribution in [0.5, 0.6) is 0 Å². The number of alkyl halides is 3. The maximum atomic E-state index is 12.5. The Morgan fingerprint density at radius 3 is 2.65 bits per heavy atom. The van der Waals surface area contributed by atoms with Gasteiger partial charge in [-0.2, -0.15) is 13.2 Å². The van der Waals surface area contributed by atoms with Gasteiger partial charge in [0, 0.05) is 32.7 Å². The lowest BCUT2D eigenvalue weighted by atomic mass is 10.1. The van der Waals surface area contributed by atoms with Gasteiger partial charge in [0.2, 0.25) is 0 Å². The molecular formula is C13H25F3N2O2. The fraction of sp³-hybridized carbons (Fsp3) is 1.00. The Labute approximate surface area is 118 Å². The highest BCUT2D eigenvalue weighted by Gasteiger charge is 2.32. The average Bonchev–Trinajstić information content (AvgIpc) is 2.26. The second kappa shape index (κ2) is 8.17. The fourth-order valence-corrected chi connectivity index (χ4v) is 2.49. The van der Waals surface area contributed by atoms with E-state index in [9.17, 15) is 13.2 Å². The lowest BCUT2D eigenvalue weighted by Crippen LogP contribution is -2.50. The van der Waals surface area contributed by atoms with Crippen molar-refractivity contribution in [2.45, 2.75) is 26.1 Å². The predicted octanol–water partition coefficient (Wildman–Crippen LogP) is 1.20. The van der Waals surface area contributed by atoms with E-state index in [-0.39, 0.29) is 25.8 Å². The first-order chi connectivity index (χ1) is 9.30. The molecule has 0 aromatic carbocycles. The molecule has 0 saturated carbocycles. The molecule has 0 radical (unpaired) electrons. The van der Waals surface area contributed by atoms with Crippen LogP contribution in [0.15, 0.2) is 0 Å². The second-order valence-corrected chi connectivity index (χ2v) is 5.72. The Morgan fingerprint density at radius 1 is 1.40 bits per heavy atom. The third kappa shape index (κ3) is 7.42. The van der Waals surface area contributed by atoms with Crippen molar-refractivity contribution >= 4 is 0 Å². The van der Waals surface area contributed by atoms with Crippen LogP contribution in [0.4, 0.5) is 13.2 Å². The number of aliphatic hydroxyl groups excluding tert-OH is 1. The summed E-state index contributed by atoms with van der Waals surface area (Å²) in [6, 6.07) is 0. The molecule has 1 atom stereocenters. The zero-order valence-corrected chi connectivity index (χ0v) is 12.2. The van der Waals surface area contributed by atoms with E-state index in [2.05, 4.69) is 18.7 Å². The SMILES string of the molecule is CC(C)CN1CCOC(CN(CCO)CC(F)(F)F)C1. The number of hydrogen-bond acceptors (Lipinski definition) is 4. The summed E-state index contributed by atoms with van der Waals surface area (Å²) >= 11 is 0. The number of hydrogen-bond donors (Lipinski definition) is 1. The fourth-order valence-electron chi connectivity index (χ4n) is 2.49. The Kier molecular flexibility index (Phi) is 7.22. The molecule has 0 aliphatic carbocycles. The Balaban J connectivity index is 2.46. The summed E-state index contributed by atoms with van der Waals surface area (Å²) in [5.74, 6) is 0.525. The third-order valence-electron chi connectivity index (χ3n) is 3.13. The van der Waals surface area contributed by atoms with Gasteiger partial charge in [0.1, 0.15) is 0 Å². The Hall–Kier alpha value is -0.370. The van der Waals surface area contributed by atoms with Gasteiger partial charge in [0.25, 0.3) is 0 Å². The van der Waals surface area contributed by atoms with Crippen molar-refractivity contribution in [1.29, 1.82) is 0 Å². The van der Waals surface area contributed by atoms with E-state index < -0.39 is 12.7 Å². The minimum atomic E-state index is -4.25. The second-order valence-electron chi connectivity index (χ2n) is 5.72. The first-order valence-corrected chi connectivity index (χ1v) is 7.04. The first kappa shape index (κ1) is 17.7. The van der Waals surface area contributed by atoms with Gasteiger partial charge in [-0.15, -0.1) is 0 Å². The van der Waals surface area contributed by atoms with E-state index in [0.717, 1.165) is 13.1 Å². The molecule has 0 aromatic heterocycles. The molecule has 0 aromatic rings. The van der Waals surface area contributed by atoms with Crippen LogP contribution >= 0.6 is 0 Å². The Bertz CT molecular complexity index is 275. The van der Waals surface area contributed by atoms with Gasteiger partial charge in [-0.3, -0.25) is 9.80 Å². The van der Waals surface area contributed by atoms with Gasteiger partial charge in [0.05, 0.1) is 25.9 Å². The van der Waals surface area contributed by atoms with Gasteiger partial charge in [-0.25, -0.2) is 0 Å². The number of aliphatic hydroxyl groups is 1. The number of halogens is 3. The van der Waals surface area contributed by atoms with Crippen LogP contribution in [0.1, 0.15) is 13.8 Å². The molecule has 0 amide bonds. The van der Waals surface area contributed by atoms with Crippen molar-refractivity contribution in [3.8, 4) is 0 Å². The summed E-state index contributed by atoms with van der Waals surface area (Å²) in [7, 11) is 0. The summed E-state index contributed by atoms with van der Waals surface area (Å²) in [6.07, 6.45) is -4.47. The molecule has 120 valence electrons. The predicted molar refractivity (Wildman–Crippen MR) is 70.6 cm³/mol. The monoisotopic (exact) mass is 298 g/mol. The van der Waals surface area contributed by atoms with Crippen LogP contribution in [0, 0.1) is 5.92 Å². The van der Waals surface area contributed by atoms with Gasteiger partial charge >= 0.3 is 6.18 Å². The van der Waals surface area contributed by atoms with Crippen molar-refractivity contribution < 1.29 is 23.0 Å². The largest absolute Gasteiger partial charge is 0.401 e. The van der Waals surface area contributed by atoms with Crippen LogP contribution in [-0.4, -0.2) is 79.7 Å². The lowest BCUT2D eigenvalue weighted by Gasteiger charge is -2.36. The van der Waals surface area contributed by atoms with E-state index in [1.165, 1.54) is 4.90 Å².